The van der Waals surface area contributed by atoms with E-state index in [-0.39, 0.29) is 11.5 Å². The second kappa shape index (κ2) is 6.46. The third kappa shape index (κ3) is 2.76. The van der Waals surface area contributed by atoms with Crippen LogP contribution in [0.3, 0.4) is 0 Å². The Labute approximate surface area is 149 Å². The van der Waals surface area contributed by atoms with E-state index in [0.29, 0.717) is 32.5 Å². The highest BCUT2D eigenvalue weighted by molar-refractivity contribution is 6.37. The first kappa shape index (κ1) is 16.8. The third-order valence-corrected chi connectivity index (χ3v) is 4.82. The van der Waals surface area contributed by atoms with E-state index in [1.807, 2.05) is 26.0 Å². The van der Waals surface area contributed by atoms with Gasteiger partial charge in [0, 0.05) is 10.9 Å². The summed E-state index contributed by atoms with van der Waals surface area (Å²) < 4.78 is 1.62. The van der Waals surface area contributed by atoms with Crippen LogP contribution >= 0.6 is 23.2 Å². The van der Waals surface area contributed by atoms with Crippen LogP contribution in [0.25, 0.3) is 16.6 Å². The van der Waals surface area contributed by atoms with Gasteiger partial charge in [-0.3, -0.25) is 9.36 Å². The van der Waals surface area contributed by atoms with Gasteiger partial charge in [-0.25, -0.2) is 4.98 Å². The molecule has 0 bridgehead atoms. The van der Waals surface area contributed by atoms with Crippen LogP contribution in [0.5, 0.6) is 0 Å². The Balaban J connectivity index is 2.42. The molecule has 4 nitrogen and oxygen atoms in total. The van der Waals surface area contributed by atoms with Gasteiger partial charge in [-0.15, -0.1) is 0 Å². The van der Waals surface area contributed by atoms with E-state index >= 15 is 0 Å². The quantitative estimate of drug-likeness (QED) is 0.682. The number of hydrogen-bond donors (Lipinski definition) is 1. The smallest absolute Gasteiger partial charge is 0.266 e. The normalized spacial score (nSPS) is 12.5. The molecular formula is C18H17Cl2N3O. The van der Waals surface area contributed by atoms with E-state index in [4.69, 9.17) is 28.9 Å². The topological polar surface area (TPSA) is 60.9 Å². The lowest BCUT2D eigenvalue weighted by atomic mass is 10.1. The van der Waals surface area contributed by atoms with Crippen LogP contribution in [0.4, 0.5) is 5.69 Å². The molecule has 0 aliphatic rings. The summed E-state index contributed by atoms with van der Waals surface area (Å²) in [5, 5.41) is 1.37. The highest BCUT2D eigenvalue weighted by Gasteiger charge is 2.19. The molecule has 3 rings (SSSR count). The zero-order valence-corrected chi connectivity index (χ0v) is 14.9. The first-order valence-corrected chi connectivity index (χ1v) is 8.46. The van der Waals surface area contributed by atoms with Gasteiger partial charge in [0.2, 0.25) is 0 Å². The van der Waals surface area contributed by atoms with Crippen LogP contribution in [0.15, 0.2) is 41.2 Å². The Morgan fingerprint density at radius 2 is 1.83 bits per heavy atom. The summed E-state index contributed by atoms with van der Waals surface area (Å²) in [6, 6.07) is 10.4. The Bertz CT molecular complexity index is 965. The van der Waals surface area contributed by atoms with E-state index in [2.05, 4.69) is 4.98 Å². The zero-order chi connectivity index (χ0) is 17.4. The highest BCUT2D eigenvalue weighted by atomic mass is 35.5. The van der Waals surface area contributed by atoms with E-state index in [9.17, 15) is 4.79 Å². The summed E-state index contributed by atoms with van der Waals surface area (Å²) in [6.07, 6.45) is 0.839. The van der Waals surface area contributed by atoms with Gasteiger partial charge < -0.3 is 5.73 Å². The highest BCUT2D eigenvalue weighted by Crippen LogP contribution is 2.29. The fourth-order valence-corrected chi connectivity index (χ4v) is 2.94. The second-order valence-corrected chi connectivity index (χ2v) is 6.58. The van der Waals surface area contributed by atoms with Crippen LogP contribution in [0.1, 0.15) is 32.0 Å². The number of nitrogens with two attached hydrogens (primary N) is 1. The molecule has 0 saturated heterocycles. The monoisotopic (exact) mass is 361 g/mol. The molecular weight excluding hydrogens is 345 g/mol. The number of rotatable bonds is 3. The van der Waals surface area contributed by atoms with Gasteiger partial charge in [0.1, 0.15) is 5.82 Å². The molecule has 1 atom stereocenters. The molecule has 3 aromatic rings. The fraction of sp³-hybridized carbons (Fsp3) is 0.222. The van der Waals surface area contributed by atoms with Crippen molar-refractivity contribution in [1.82, 2.24) is 9.55 Å². The van der Waals surface area contributed by atoms with Crippen LogP contribution in [-0.2, 0) is 0 Å². The molecule has 0 saturated carbocycles. The predicted molar refractivity (Wildman–Crippen MR) is 100 cm³/mol. The van der Waals surface area contributed by atoms with Gasteiger partial charge in [0.15, 0.2) is 0 Å². The molecule has 0 fully saturated rings. The second-order valence-electron chi connectivity index (χ2n) is 5.76. The molecule has 0 aliphatic heterocycles. The average molecular weight is 362 g/mol. The number of nitrogens with zero attached hydrogens (tertiary/aromatic N) is 2. The first-order valence-electron chi connectivity index (χ1n) is 7.70. The summed E-state index contributed by atoms with van der Waals surface area (Å²) in [5.74, 6) is 0.736. The number of nitrogen functional groups attached to an aromatic ring is 1. The number of benzene rings is 2. The molecule has 6 heteroatoms. The van der Waals surface area contributed by atoms with Crippen molar-refractivity contribution in [2.75, 3.05) is 5.73 Å². The number of anilines is 1. The number of fused-ring (bicyclic) bond motifs is 1. The van der Waals surface area contributed by atoms with Crippen molar-refractivity contribution in [1.29, 1.82) is 0 Å². The van der Waals surface area contributed by atoms with Gasteiger partial charge in [0.25, 0.3) is 5.56 Å². The minimum atomic E-state index is -0.167. The van der Waals surface area contributed by atoms with Crippen molar-refractivity contribution < 1.29 is 0 Å². The molecule has 0 spiro atoms. The van der Waals surface area contributed by atoms with Crippen molar-refractivity contribution in [3.8, 4) is 5.69 Å². The molecule has 2 N–H and O–H groups in total. The molecule has 124 valence electrons. The lowest BCUT2D eigenvalue weighted by molar-refractivity contribution is 0.649. The molecule has 24 heavy (non-hydrogen) atoms. The summed E-state index contributed by atoms with van der Waals surface area (Å²) in [6.45, 7) is 4.08. The largest absolute Gasteiger partial charge is 0.397 e. The van der Waals surface area contributed by atoms with Gasteiger partial charge in [0.05, 0.1) is 27.3 Å². The van der Waals surface area contributed by atoms with Crippen LogP contribution in [0, 0.1) is 0 Å². The van der Waals surface area contributed by atoms with Gasteiger partial charge in [-0.05, 0) is 42.8 Å². The molecule has 0 radical (unpaired) electrons. The van der Waals surface area contributed by atoms with Crippen LogP contribution < -0.4 is 11.3 Å². The third-order valence-electron chi connectivity index (χ3n) is 4.17. The standard InChI is InChI=1S/C18H17Cl2N3O/c1-3-10(2)17-22-16-13(8-9-14(21)15(16)20)18(24)23(17)12-6-4-11(19)5-7-12/h4-10H,3,21H2,1-2H3/t10-/m0/s1. The van der Waals surface area contributed by atoms with E-state index in [1.54, 1.807) is 28.8 Å². The van der Waals surface area contributed by atoms with E-state index in [0.717, 1.165) is 12.1 Å². The van der Waals surface area contributed by atoms with Crippen LogP contribution in [0.2, 0.25) is 10.0 Å². The van der Waals surface area contributed by atoms with Gasteiger partial charge >= 0.3 is 0 Å². The Kier molecular flexibility index (Phi) is 4.52. The maximum atomic E-state index is 13.1. The molecule has 1 heterocycles. The molecule has 0 unspecified atom stereocenters. The van der Waals surface area contributed by atoms with Crippen LogP contribution in [-0.4, -0.2) is 9.55 Å². The Morgan fingerprint density at radius 3 is 2.46 bits per heavy atom. The van der Waals surface area contributed by atoms with Gasteiger partial charge in [-0.2, -0.15) is 0 Å². The van der Waals surface area contributed by atoms with Crippen molar-refractivity contribution in [3.05, 3.63) is 62.6 Å². The minimum Gasteiger partial charge on any atom is -0.397 e. The number of hydrogen-bond acceptors (Lipinski definition) is 3. The summed E-state index contributed by atoms with van der Waals surface area (Å²) in [5.41, 5.74) is 7.28. The SMILES string of the molecule is CC[C@H](C)c1nc2c(Cl)c(N)ccc2c(=O)n1-c1ccc(Cl)cc1. The van der Waals surface area contributed by atoms with Crippen molar-refractivity contribution >= 4 is 39.8 Å². The maximum absolute atomic E-state index is 13.1. The summed E-state index contributed by atoms with van der Waals surface area (Å²) >= 11 is 12.3. The lowest BCUT2D eigenvalue weighted by Crippen LogP contribution is -2.25. The number of aromatic nitrogens is 2. The summed E-state index contributed by atoms with van der Waals surface area (Å²) in [7, 11) is 0. The average Bonchev–Trinajstić information content (AvgIpc) is 2.58. The summed E-state index contributed by atoms with van der Waals surface area (Å²) in [4.78, 5) is 17.8. The molecule has 0 aliphatic carbocycles. The van der Waals surface area contributed by atoms with Crippen molar-refractivity contribution in [3.63, 3.8) is 0 Å². The maximum Gasteiger partial charge on any atom is 0.266 e. The first-order chi connectivity index (χ1) is 11.4. The molecule has 0 amide bonds. The molecule has 1 aromatic heterocycles. The van der Waals surface area contributed by atoms with E-state index < -0.39 is 0 Å². The predicted octanol–water partition coefficient (Wildman–Crippen LogP) is 4.79. The Hall–Kier alpha value is -2.04. The number of halogens is 2. The van der Waals surface area contributed by atoms with E-state index in [1.165, 1.54) is 0 Å². The molecule has 2 aromatic carbocycles. The van der Waals surface area contributed by atoms with Crippen molar-refractivity contribution in [2.45, 2.75) is 26.2 Å². The fourth-order valence-electron chi connectivity index (χ4n) is 2.60. The zero-order valence-electron chi connectivity index (χ0n) is 13.4. The minimum absolute atomic E-state index is 0.0790. The van der Waals surface area contributed by atoms with Gasteiger partial charge in [-0.1, -0.05) is 37.0 Å². The Morgan fingerprint density at radius 1 is 1.17 bits per heavy atom. The lowest BCUT2D eigenvalue weighted by Gasteiger charge is -2.18. The van der Waals surface area contributed by atoms with Crippen molar-refractivity contribution in [2.24, 2.45) is 0 Å².